The van der Waals surface area contributed by atoms with Crippen LogP contribution in [0.2, 0.25) is 0 Å². The Morgan fingerprint density at radius 1 is 1.15 bits per heavy atom. The Morgan fingerprint density at radius 3 is 2.38 bits per heavy atom. The first-order valence-corrected chi connectivity index (χ1v) is 4.97. The van der Waals surface area contributed by atoms with Crippen molar-refractivity contribution in [2.45, 2.75) is 33.6 Å². The van der Waals surface area contributed by atoms with Crippen LogP contribution in [0.15, 0.2) is 12.1 Å². The van der Waals surface area contributed by atoms with E-state index in [1.807, 2.05) is 7.05 Å². The molecule has 1 rings (SSSR count). The SMILES string of the molecule is CCCc1cc(C)c(NC)cc1C. The van der Waals surface area contributed by atoms with Crippen molar-refractivity contribution in [1.29, 1.82) is 0 Å². The van der Waals surface area contributed by atoms with Crippen molar-refractivity contribution >= 4 is 5.69 Å². The van der Waals surface area contributed by atoms with Crippen LogP contribution in [0, 0.1) is 13.8 Å². The molecule has 0 spiro atoms. The second-order valence-electron chi connectivity index (χ2n) is 3.59. The average Bonchev–Trinajstić information content (AvgIpc) is 2.11. The van der Waals surface area contributed by atoms with Crippen LogP contribution in [0.25, 0.3) is 0 Å². The highest BCUT2D eigenvalue weighted by Gasteiger charge is 2.01. The van der Waals surface area contributed by atoms with E-state index in [4.69, 9.17) is 0 Å². The van der Waals surface area contributed by atoms with Crippen LogP contribution < -0.4 is 5.32 Å². The molecule has 0 saturated heterocycles. The molecule has 0 bridgehead atoms. The fourth-order valence-electron chi connectivity index (χ4n) is 1.68. The van der Waals surface area contributed by atoms with Crippen LogP contribution in [0.4, 0.5) is 5.69 Å². The largest absolute Gasteiger partial charge is 0.388 e. The lowest BCUT2D eigenvalue weighted by Crippen LogP contribution is -1.96. The molecule has 0 unspecified atom stereocenters. The van der Waals surface area contributed by atoms with E-state index >= 15 is 0 Å². The maximum atomic E-state index is 3.21. The first-order valence-electron chi connectivity index (χ1n) is 4.97. The Labute approximate surface area is 81.2 Å². The molecule has 0 amide bonds. The van der Waals surface area contributed by atoms with Crippen molar-refractivity contribution in [3.63, 3.8) is 0 Å². The summed E-state index contributed by atoms with van der Waals surface area (Å²) in [5.74, 6) is 0. The summed E-state index contributed by atoms with van der Waals surface area (Å²) in [7, 11) is 1.97. The normalized spacial score (nSPS) is 10.2. The highest BCUT2D eigenvalue weighted by atomic mass is 14.8. The van der Waals surface area contributed by atoms with Gasteiger partial charge in [-0.3, -0.25) is 0 Å². The van der Waals surface area contributed by atoms with E-state index in [0.29, 0.717) is 0 Å². The van der Waals surface area contributed by atoms with Gasteiger partial charge in [0, 0.05) is 12.7 Å². The van der Waals surface area contributed by atoms with Crippen LogP contribution in [0.1, 0.15) is 30.0 Å². The van der Waals surface area contributed by atoms with Gasteiger partial charge in [0.15, 0.2) is 0 Å². The predicted molar refractivity (Wildman–Crippen MR) is 59.5 cm³/mol. The van der Waals surface area contributed by atoms with E-state index in [0.717, 1.165) is 0 Å². The molecule has 0 heterocycles. The topological polar surface area (TPSA) is 12.0 Å². The molecule has 0 saturated carbocycles. The quantitative estimate of drug-likeness (QED) is 0.747. The van der Waals surface area contributed by atoms with Gasteiger partial charge in [0.25, 0.3) is 0 Å². The number of rotatable bonds is 3. The summed E-state index contributed by atoms with van der Waals surface area (Å²) < 4.78 is 0. The summed E-state index contributed by atoms with van der Waals surface area (Å²) in [5, 5.41) is 3.21. The molecule has 0 radical (unpaired) electrons. The Kier molecular flexibility index (Phi) is 3.35. The molecule has 1 N–H and O–H groups in total. The molecule has 13 heavy (non-hydrogen) atoms. The van der Waals surface area contributed by atoms with Crippen LogP contribution in [0.3, 0.4) is 0 Å². The van der Waals surface area contributed by atoms with E-state index in [-0.39, 0.29) is 0 Å². The molecule has 1 heteroatoms. The molecule has 0 aliphatic rings. The lowest BCUT2D eigenvalue weighted by molar-refractivity contribution is 0.911. The molecule has 0 aliphatic carbocycles. The van der Waals surface area contributed by atoms with E-state index in [1.54, 1.807) is 0 Å². The number of nitrogens with one attached hydrogen (secondary N) is 1. The number of anilines is 1. The highest BCUT2D eigenvalue weighted by molar-refractivity contribution is 5.54. The van der Waals surface area contributed by atoms with Gasteiger partial charge < -0.3 is 5.32 Å². The zero-order valence-corrected chi connectivity index (χ0v) is 9.07. The fraction of sp³-hybridized carbons (Fsp3) is 0.500. The minimum absolute atomic E-state index is 1.19. The Balaban J connectivity index is 3.05. The van der Waals surface area contributed by atoms with Crippen LogP contribution in [-0.2, 0) is 6.42 Å². The van der Waals surface area contributed by atoms with Crippen molar-refractivity contribution in [1.82, 2.24) is 0 Å². The zero-order valence-electron chi connectivity index (χ0n) is 9.07. The lowest BCUT2D eigenvalue weighted by Gasteiger charge is -2.10. The minimum atomic E-state index is 1.19. The van der Waals surface area contributed by atoms with Crippen molar-refractivity contribution < 1.29 is 0 Å². The Bertz CT molecular complexity index is 289. The number of aryl methyl sites for hydroxylation is 3. The van der Waals surface area contributed by atoms with Gasteiger partial charge in [0.1, 0.15) is 0 Å². The maximum Gasteiger partial charge on any atom is 0.0370 e. The van der Waals surface area contributed by atoms with Gasteiger partial charge in [0.05, 0.1) is 0 Å². The maximum absolute atomic E-state index is 3.21. The molecule has 0 atom stereocenters. The third-order valence-electron chi connectivity index (χ3n) is 2.47. The van der Waals surface area contributed by atoms with Crippen LogP contribution in [0.5, 0.6) is 0 Å². The van der Waals surface area contributed by atoms with Gasteiger partial charge in [-0.05, 0) is 43.0 Å². The van der Waals surface area contributed by atoms with Crippen molar-refractivity contribution in [2.75, 3.05) is 12.4 Å². The predicted octanol–water partition coefficient (Wildman–Crippen LogP) is 3.30. The summed E-state index contributed by atoms with van der Waals surface area (Å²) in [5.41, 5.74) is 5.48. The first-order chi connectivity index (χ1) is 6.19. The van der Waals surface area contributed by atoms with Gasteiger partial charge in [0.2, 0.25) is 0 Å². The lowest BCUT2D eigenvalue weighted by atomic mass is 10.0. The number of hydrogen-bond acceptors (Lipinski definition) is 1. The standard InChI is InChI=1S/C12H19N/c1-5-6-11-7-10(3)12(13-4)8-9(11)2/h7-8,13H,5-6H2,1-4H3. The third kappa shape index (κ3) is 2.24. The summed E-state index contributed by atoms with van der Waals surface area (Å²) in [6.07, 6.45) is 2.41. The summed E-state index contributed by atoms with van der Waals surface area (Å²) in [6.45, 7) is 6.57. The molecule has 0 aliphatic heterocycles. The van der Waals surface area contributed by atoms with Gasteiger partial charge >= 0.3 is 0 Å². The molecule has 0 fully saturated rings. The van der Waals surface area contributed by atoms with E-state index < -0.39 is 0 Å². The van der Waals surface area contributed by atoms with E-state index in [1.165, 1.54) is 35.2 Å². The van der Waals surface area contributed by atoms with Gasteiger partial charge in [-0.2, -0.15) is 0 Å². The highest BCUT2D eigenvalue weighted by Crippen LogP contribution is 2.20. The Hall–Kier alpha value is -0.980. The van der Waals surface area contributed by atoms with E-state index in [9.17, 15) is 0 Å². The summed E-state index contributed by atoms with van der Waals surface area (Å²) in [6, 6.07) is 4.53. The zero-order chi connectivity index (χ0) is 9.84. The van der Waals surface area contributed by atoms with Crippen LogP contribution in [-0.4, -0.2) is 7.05 Å². The fourth-order valence-corrected chi connectivity index (χ4v) is 1.68. The molecule has 72 valence electrons. The first kappa shape index (κ1) is 10.1. The second kappa shape index (κ2) is 4.31. The Morgan fingerprint density at radius 2 is 1.85 bits per heavy atom. The third-order valence-corrected chi connectivity index (χ3v) is 2.47. The molecule has 1 nitrogen and oxygen atoms in total. The summed E-state index contributed by atoms with van der Waals surface area (Å²) in [4.78, 5) is 0. The summed E-state index contributed by atoms with van der Waals surface area (Å²) >= 11 is 0. The van der Waals surface area contributed by atoms with Gasteiger partial charge in [-0.1, -0.05) is 19.4 Å². The van der Waals surface area contributed by atoms with Crippen molar-refractivity contribution in [3.8, 4) is 0 Å². The molecular formula is C12H19N. The second-order valence-corrected chi connectivity index (χ2v) is 3.59. The van der Waals surface area contributed by atoms with Crippen LogP contribution >= 0.6 is 0 Å². The minimum Gasteiger partial charge on any atom is -0.388 e. The molecular weight excluding hydrogens is 158 g/mol. The van der Waals surface area contributed by atoms with Gasteiger partial charge in [-0.15, -0.1) is 0 Å². The number of benzene rings is 1. The monoisotopic (exact) mass is 177 g/mol. The van der Waals surface area contributed by atoms with Crippen molar-refractivity contribution in [2.24, 2.45) is 0 Å². The average molecular weight is 177 g/mol. The van der Waals surface area contributed by atoms with Gasteiger partial charge in [-0.25, -0.2) is 0 Å². The van der Waals surface area contributed by atoms with E-state index in [2.05, 4.69) is 38.2 Å². The molecule has 1 aromatic carbocycles. The smallest absolute Gasteiger partial charge is 0.0370 e. The van der Waals surface area contributed by atoms with Crippen molar-refractivity contribution in [3.05, 3.63) is 28.8 Å². The molecule has 0 aromatic heterocycles. The molecule has 1 aromatic rings. The number of hydrogen-bond donors (Lipinski definition) is 1.